The molecule has 6 nitrogen and oxygen atoms in total. The van der Waals surface area contributed by atoms with Crippen molar-refractivity contribution in [3.8, 4) is 11.3 Å². The molecule has 0 saturated heterocycles. The summed E-state index contributed by atoms with van der Waals surface area (Å²) in [5.41, 5.74) is 3.22. The molecule has 0 aliphatic rings. The maximum Gasteiger partial charge on any atom is 0.267 e. The molecule has 0 aliphatic carbocycles. The molecular formula is C21H16ClN5OS. The summed E-state index contributed by atoms with van der Waals surface area (Å²) in [4.78, 5) is 26.0. The van der Waals surface area contributed by atoms with Crippen molar-refractivity contribution in [2.24, 2.45) is 0 Å². The molecule has 0 saturated carbocycles. The fourth-order valence-corrected chi connectivity index (χ4v) is 3.68. The van der Waals surface area contributed by atoms with Crippen LogP contribution in [0.4, 0.5) is 16.6 Å². The Balaban J connectivity index is 1.49. The van der Waals surface area contributed by atoms with E-state index in [2.05, 4.69) is 25.6 Å². The molecule has 3 aromatic heterocycles. The van der Waals surface area contributed by atoms with Crippen LogP contribution in [0.1, 0.15) is 15.2 Å². The highest BCUT2D eigenvalue weighted by Crippen LogP contribution is 2.28. The average molecular weight is 422 g/mol. The number of nitrogens with one attached hydrogen (secondary N) is 2. The minimum Gasteiger partial charge on any atom is -0.320 e. The van der Waals surface area contributed by atoms with Gasteiger partial charge in [0.05, 0.1) is 22.6 Å². The maximum absolute atomic E-state index is 12.6. The van der Waals surface area contributed by atoms with Gasteiger partial charge in [-0.05, 0) is 42.8 Å². The van der Waals surface area contributed by atoms with Crippen molar-refractivity contribution in [3.05, 3.63) is 82.6 Å². The van der Waals surface area contributed by atoms with Gasteiger partial charge in [0.1, 0.15) is 10.7 Å². The van der Waals surface area contributed by atoms with Gasteiger partial charge in [-0.3, -0.25) is 9.78 Å². The Morgan fingerprint density at radius 2 is 1.93 bits per heavy atom. The van der Waals surface area contributed by atoms with E-state index < -0.39 is 0 Å². The Morgan fingerprint density at radius 1 is 1.07 bits per heavy atom. The van der Waals surface area contributed by atoms with Gasteiger partial charge in [-0.25, -0.2) is 9.97 Å². The highest BCUT2D eigenvalue weighted by molar-refractivity contribution is 7.17. The average Bonchev–Trinajstić information content (AvgIpc) is 3.20. The van der Waals surface area contributed by atoms with E-state index in [0.29, 0.717) is 26.5 Å². The van der Waals surface area contributed by atoms with Crippen molar-refractivity contribution in [1.29, 1.82) is 0 Å². The van der Waals surface area contributed by atoms with Crippen LogP contribution < -0.4 is 10.6 Å². The predicted octanol–water partition coefficient (Wildman–Crippen LogP) is 5.56. The van der Waals surface area contributed by atoms with Crippen molar-refractivity contribution < 1.29 is 4.79 Å². The lowest BCUT2D eigenvalue weighted by Gasteiger charge is -2.08. The van der Waals surface area contributed by atoms with E-state index in [0.717, 1.165) is 16.8 Å². The Hall–Kier alpha value is -3.29. The third kappa shape index (κ3) is 4.42. The number of rotatable bonds is 5. The van der Waals surface area contributed by atoms with Gasteiger partial charge in [-0.2, -0.15) is 0 Å². The highest BCUT2D eigenvalue weighted by Gasteiger charge is 2.14. The molecule has 0 spiro atoms. The van der Waals surface area contributed by atoms with E-state index >= 15 is 0 Å². The lowest BCUT2D eigenvalue weighted by atomic mass is 10.2. The molecule has 0 bridgehead atoms. The van der Waals surface area contributed by atoms with Gasteiger partial charge >= 0.3 is 0 Å². The number of hydrogen-bond acceptors (Lipinski definition) is 6. The number of aryl methyl sites for hydroxylation is 1. The van der Waals surface area contributed by atoms with Crippen LogP contribution in [0.15, 0.2) is 67.1 Å². The molecule has 0 radical (unpaired) electrons. The molecule has 0 aliphatic heterocycles. The largest absolute Gasteiger partial charge is 0.320 e. The first-order valence-corrected chi connectivity index (χ1v) is 9.96. The third-order valence-corrected chi connectivity index (χ3v) is 5.36. The van der Waals surface area contributed by atoms with Crippen LogP contribution in [0.3, 0.4) is 0 Å². The Labute approximate surface area is 176 Å². The zero-order valence-electron chi connectivity index (χ0n) is 15.4. The van der Waals surface area contributed by atoms with E-state index in [1.165, 1.54) is 17.5 Å². The smallest absolute Gasteiger partial charge is 0.267 e. The van der Waals surface area contributed by atoms with Crippen LogP contribution >= 0.6 is 22.9 Å². The van der Waals surface area contributed by atoms with E-state index in [1.54, 1.807) is 18.5 Å². The van der Waals surface area contributed by atoms with Crippen LogP contribution in [0.25, 0.3) is 11.3 Å². The van der Waals surface area contributed by atoms with Gasteiger partial charge < -0.3 is 10.6 Å². The lowest BCUT2D eigenvalue weighted by Crippen LogP contribution is -2.11. The zero-order chi connectivity index (χ0) is 20.2. The van der Waals surface area contributed by atoms with Gasteiger partial charge in [0.2, 0.25) is 0 Å². The Bertz CT molecular complexity index is 1140. The topological polar surface area (TPSA) is 79.8 Å². The SMILES string of the molecule is Cc1cccc(Cl)c1NC(=O)c1cnc(Nc2cccc(-c3cccnc3)n2)s1. The fourth-order valence-electron chi connectivity index (χ4n) is 2.69. The summed E-state index contributed by atoms with van der Waals surface area (Å²) < 4.78 is 0. The molecule has 8 heteroatoms. The highest BCUT2D eigenvalue weighted by atomic mass is 35.5. The number of aromatic nitrogens is 3. The Kier molecular flexibility index (Phi) is 5.50. The fraction of sp³-hybridized carbons (Fsp3) is 0.0476. The first-order valence-electron chi connectivity index (χ1n) is 8.77. The maximum atomic E-state index is 12.6. The molecule has 4 aromatic rings. The summed E-state index contributed by atoms with van der Waals surface area (Å²) in [6, 6.07) is 14.9. The van der Waals surface area contributed by atoms with Crippen LogP contribution in [0.5, 0.6) is 0 Å². The number of carbonyl (C=O) groups is 1. The summed E-state index contributed by atoms with van der Waals surface area (Å²) in [5.74, 6) is 0.374. The molecule has 3 heterocycles. The first-order chi connectivity index (χ1) is 14.1. The van der Waals surface area contributed by atoms with Gasteiger partial charge in [-0.15, -0.1) is 0 Å². The van der Waals surface area contributed by atoms with Crippen LogP contribution in [-0.4, -0.2) is 20.9 Å². The minimum atomic E-state index is -0.260. The molecule has 4 rings (SSSR count). The number of para-hydroxylation sites is 1. The molecule has 0 atom stereocenters. The van der Waals surface area contributed by atoms with E-state index in [9.17, 15) is 4.79 Å². The van der Waals surface area contributed by atoms with Crippen molar-refractivity contribution in [1.82, 2.24) is 15.0 Å². The normalized spacial score (nSPS) is 10.6. The first kappa shape index (κ1) is 19.0. The molecule has 1 amide bonds. The van der Waals surface area contributed by atoms with Crippen molar-refractivity contribution in [3.63, 3.8) is 0 Å². The monoisotopic (exact) mass is 421 g/mol. The Morgan fingerprint density at radius 3 is 2.72 bits per heavy atom. The minimum absolute atomic E-state index is 0.260. The standard InChI is InChI=1S/C21H16ClN5OS/c1-13-5-2-7-15(22)19(13)27-20(28)17-12-24-21(29-17)26-18-9-3-8-16(25-18)14-6-4-10-23-11-14/h2-12H,1H3,(H,27,28)(H,24,25,26). The second-order valence-corrected chi connectivity index (χ2v) is 7.63. The molecule has 2 N–H and O–H groups in total. The van der Waals surface area contributed by atoms with Gasteiger partial charge in [0, 0.05) is 18.0 Å². The quantitative estimate of drug-likeness (QED) is 0.441. The van der Waals surface area contributed by atoms with E-state index in [-0.39, 0.29) is 5.91 Å². The number of halogens is 1. The summed E-state index contributed by atoms with van der Waals surface area (Å²) in [6.07, 6.45) is 5.01. The summed E-state index contributed by atoms with van der Waals surface area (Å²) in [6.45, 7) is 1.89. The molecular weight excluding hydrogens is 406 g/mol. The second-order valence-electron chi connectivity index (χ2n) is 6.19. The molecule has 29 heavy (non-hydrogen) atoms. The van der Waals surface area contributed by atoms with Gasteiger partial charge in [0.15, 0.2) is 5.13 Å². The van der Waals surface area contributed by atoms with Crippen molar-refractivity contribution >= 4 is 45.5 Å². The number of carbonyl (C=O) groups excluding carboxylic acids is 1. The third-order valence-electron chi connectivity index (χ3n) is 4.13. The molecule has 0 unspecified atom stereocenters. The number of hydrogen-bond donors (Lipinski definition) is 2. The summed E-state index contributed by atoms with van der Waals surface area (Å²) in [5, 5.41) is 7.07. The van der Waals surface area contributed by atoms with Crippen molar-refractivity contribution in [2.75, 3.05) is 10.6 Å². The number of amides is 1. The summed E-state index contributed by atoms with van der Waals surface area (Å²) >= 11 is 7.43. The zero-order valence-corrected chi connectivity index (χ0v) is 17.0. The number of pyridine rings is 2. The number of thiazole rings is 1. The summed E-state index contributed by atoms with van der Waals surface area (Å²) in [7, 11) is 0. The van der Waals surface area contributed by atoms with E-state index in [1.807, 2.05) is 49.4 Å². The number of nitrogens with zero attached hydrogens (tertiary/aromatic N) is 3. The van der Waals surface area contributed by atoms with Gasteiger partial charge in [-0.1, -0.05) is 41.1 Å². The van der Waals surface area contributed by atoms with Gasteiger partial charge in [0.25, 0.3) is 5.91 Å². The van der Waals surface area contributed by atoms with Crippen LogP contribution in [0.2, 0.25) is 5.02 Å². The van der Waals surface area contributed by atoms with Crippen molar-refractivity contribution in [2.45, 2.75) is 6.92 Å². The van der Waals surface area contributed by atoms with Crippen LogP contribution in [-0.2, 0) is 0 Å². The second kappa shape index (κ2) is 8.38. The van der Waals surface area contributed by atoms with E-state index in [4.69, 9.17) is 11.6 Å². The predicted molar refractivity (Wildman–Crippen MR) is 117 cm³/mol. The van der Waals surface area contributed by atoms with Crippen LogP contribution in [0, 0.1) is 6.92 Å². The molecule has 144 valence electrons. The number of benzene rings is 1. The molecule has 0 fully saturated rings. The number of anilines is 3. The lowest BCUT2D eigenvalue weighted by molar-refractivity contribution is 0.103. The molecule has 1 aromatic carbocycles.